The maximum atomic E-state index is 13.3. The Bertz CT molecular complexity index is 803. The fraction of sp³-hybridized carbons (Fsp3) is 0.741. The topological polar surface area (TPSA) is 111 Å². The number of rotatable bonds is 10. The molecule has 0 aromatic heterocycles. The van der Waals surface area contributed by atoms with Crippen molar-refractivity contribution in [2.24, 2.45) is 11.8 Å². The van der Waals surface area contributed by atoms with Gasteiger partial charge in [0.15, 0.2) is 0 Å². The van der Waals surface area contributed by atoms with Crippen molar-refractivity contribution in [1.29, 1.82) is 0 Å². The summed E-state index contributed by atoms with van der Waals surface area (Å²) in [6.07, 6.45) is 14.0. The number of β-amino-alcohol motifs (C(OH)–C–C–N with tert-alkyl or cyclic N) is 1. The van der Waals surface area contributed by atoms with Crippen molar-refractivity contribution < 1.29 is 19.5 Å². The van der Waals surface area contributed by atoms with E-state index in [4.69, 9.17) is 0 Å². The second kappa shape index (κ2) is 12.7. The molecule has 2 fully saturated rings. The van der Waals surface area contributed by atoms with E-state index in [1.165, 1.54) is 25.7 Å². The van der Waals surface area contributed by atoms with Gasteiger partial charge in [0, 0.05) is 18.6 Å². The Morgan fingerprint density at radius 3 is 2.60 bits per heavy atom. The summed E-state index contributed by atoms with van der Waals surface area (Å²) in [6.45, 7) is 6.93. The van der Waals surface area contributed by atoms with Gasteiger partial charge in [-0.15, -0.1) is 0 Å². The number of allylic oxidation sites excluding steroid dienone is 3. The molecule has 1 saturated carbocycles. The quantitative estimate of drug-likeness (QED) is 0.352. The summed E-state index contributed by atoms with van der Waals surface area (Å²) in [6, 6.07) is -0.801. The number of carbonyl (C=O) groups excluding carboxylic acids is 3. The molecule has 3 aliphatic rings. The maximum Gasteiger partial charge on any atom is 0.239 e. The van der Waals surface area contributed by atoms with Gasteiger partial charge in [-0.25, -0.2) is 0 Å². The predicted octanol–water partition coefficient (Wildman–Crippen LogP) is 2.04. The fourth-order valence-electron chi connectivity index (χ4n) is 5.74. The van der Waals surface area contributed by atoms with Gasteiger partial charge in [0.25, 0.3) is 0 Å². The van der Waals surface area contributed by atoms with Crippen LogP contribution in [0.25, 0.3) is 0 Å². The van der Waals surface area contributed by atoms with E-state index in [2.05, 4.69) is 33.0 Å². The molecular weight excluding hydrogens is 444 g/mol. The van der Waals surface area contributed by atoms with Crippen LogP contribution in [0.2, 0.25) is 0 Å². The van der Waals surface area contributed by atoms with E-state index >= 15 is 0 Å². The molecule has 0 aromatic carbocycles. The van der Waals surface area contributed by atoms with Gasteiger partial charge in [-0.05, 0) is 64.7 Å². The minimum Gasteiger partial charge on any atom is -0.390 e. The number of hydrogen-bond acceptors (Lipinski definition) is 5. The van der Waals surface area contributed by atoms with Crippen LogP contribution in [0.5, 0.6) is 0 Å². The molecule has 1 heterocycles. The molecular formula is C27H44N4O4. The van der Waals surface area contributed by atoms with Gasteiger partial charge in [0.2, 0.25) is 18.2 Å². The zero-order valence-corrected chi connectivity index (χ0v) is 21.6. The van der Waals surface area contributed by atoms with Crippen molar-refractivity contribution in [3.8, 4) is 0 Å². The molecule has 8 nitrogen and oxygen atoms in total. The summed E-state index contributed by atoms with van der Waals surface area (Å²) >= 11 is 0. The molecule has 8 heteroatoms. The first-order chi connectivity index (χ1) is 16.7. The number of likely N-dealkylation sites (tertiary alicyclic amines) is 1. The molecule has 5 atom stereocenters. The van der Waals surface area contributed by atoms with E-state index in [9.17, 15) is 19.5 Å². The smallest absolute Gasteiger partial charge is 0.239 e. The molecule has 0 radical (unpaired) electrons. The van der Waals surface area contributed by atoms with Gasteiger partial charge in [0.1, 0.15) is 0 Å². The first kappa shape index (κ1) is 27.4. The van der Waals surface area contributed by atoms with E-state index in [0.717, 1.165) is 31.4 Å². The van der Waals surface area contributed by atoms with Crippen LogP contribution in [0, 0.1) is 11.8 Å². The van der Waals surface area contributed by atoms with Crippen LogP contribution >= 0.6 is 0 Å². The number of aliphatic hydroxyl groups is 1. The number of fused-ring (bicyclic) bond motifs is 1. The third-order valence-electron chi connectivity index (χ3n) is 7.41. The number of nitrogens with one attached hydrogen (secondary N) is 3. The van der Waals surface area contributed by atoms with Crippen LogP contribution in [0.1, 0.15) is 72.1 Å². The third-order valence-corrected chi connectivity index (χ3v) is 7.41. The van der Waals surface area contributed by atoms with Gasteiger partial charge >= 0.3 is 0 Å². The highest BCUT2D eigenvalue weighted by Crippen LogP contribution is 2.39. The summed E-state index contributed by atoms with van der Waals surface area (Å²) in [5.74, 6) is 0.774. The van der Waals surface area contributed by atoms with Crippen LogP contribution in [-0.4, -0.2) is 71.6 Å². The highest BCUT2D eigenvalue weighted by atomic mass is 16.3. The average Bonchev–Trinajstić information content (AvgIpc) is 2.81. The van der Waals surface area contributed by atoms with Crippen molar-refractivity contribution in [2.75, 3.05) is 19.6 Å². The van der Waals surface area contributed by atoms with Crippen LogP contribution < -0.4 is 16.0 Å². The lowest BCUT2D eigenvalue weighted by Crippen LogP contribution is -2.60. The second-order valence-electron chi connectivity index (χ2n) is 11.5. The number of nitrogens with zero attached hydrogens (tertiary/aromatic N) is 1. The third kappa shape index (κ3) is 8.46. The van der Waals surface area contributed by atoms with Gasteiger partial charge in [-0.3, -0.25) is 19.3 Å². The predicted molar refractivity (Wildman–Crippen MR) is 136 cm³/mol. The highest BCUT2D eigenvalue weighted by Gasteiger charge is 2.41. The first-order valence-electron chi connectivity index (χ1n) is 13.2. The van der Waals surface area contributed by atoms with Crippen molar-refractivity contribution in [1.82, 2.24) is 20.9 Å². The summed E-state index contributed by atoms with van der Waals surface area (Å²) in [4.78, 5) is 38.5. The van der Waals surface area contributed by atoms with E-state index < -0.39 is 12.1 Å². The normalized spacial score (nSPS) is 26.6. The zero-order chi connectivity index (χ0) is 25.4. The van der Waals surface area contributed by atoms with E-state index in [1.54, 1.807) is 0 Å². The van der Waals surface area contributed by atoms with Crippen LogP contribution in [0.15, 0.2) is 23.8 Å². The SMILES string of the molecule is CC(C)(C)NC(=O)C1C[C@@H]2CCCCC2CN1CC(O)C(CC1=CCCC=C1)NC(=O)CNC=O. The Balaban J connectivity index is 1.75. The largest absolute Gasteiger partial charge is 0.390 e. The van der Waals surface area contributed by atoms with Gasteiger partial charge in [-0.1, -0.05) is 43.1 Å². The molecule has 0 bridgehead atoms. The average molecular weight is 489 g/mol. The lowest BCUT2D eigenvalue weighted by Gasteiger charge is -2.47. The van der Waals surface area contributed by atoms with Gasteiger partial charge in [-0.2, -0.15) is 0 Å². The van der Waals surface area contributed by atoms with Gasteiger partial charge in [0.05, 0.1) is 24.7 Å². The minimum absolute atomic E-state index is 0.0161. The van der Waals surface area contributed by atoms with E-state index in [-0.39, 0.29) is 29.9 Å². The molecule has 35 heavy (non-hydrogen) atoms. The van der Waals surface area contributed by atoms with Crippen LogP contribution in [0.3, 0.4) is 0 Å². The Morgan fingerprint density at radius 1 is 1.20 bits per heavy atom. The highest BCUT2D eigenvalue weighted by molar-refractivity contribution is 5.82. The van der Waals surface area contributed by atoms with Crippen molar-refractivity contribution in [3.05, 3.63) is 23.8 Å². The summed E-state index contributed by atoms with van der Waals surface area (Å²) < 4.78 is 0. The number of carbonyl (C=O) groups is 3. The fourth-order valence-corrected chi connectivity index (χ4v) is 5.74. The van der Waals surface area contributed by atoms with Crippen molar-refractivity contribution in [3.63, 3.8) is 0 Å². The molecule has 3 rings (SSSR count). The molecule has 196 valence electrons. The molecule has 3 amide bonds. The first-order valence-corrected chi connectivity index (χ1v) is 13.2. The lowest BCUT2D eigenvalue weighted by molar-refractivity contribution is -0.133. The zero-order valence-electron chi connectivity index (χ0n) is 21.6. The molecule has 0 aromatic rings. The standard InChI is InChI=1S/C27H44N4O4/c1-27(2,3)30-26(35)23-14-20-11-7-8-12-21(20)16-31(23)17-24(33)22(29-25(34)15-28-18-32)13-19-9-5-4-6-10-19/h5,9-10,18,20-24,33H,4,6-8,11-17H2,1-3H3,(H,28,32)(H,29,34)(H,30,35)/t20-,21?,22?,23?,24?/m0/s1. The van der Waals surface area contributed by atoms with E-state index in [1.807, 2.05) is 26.8 Å². The molecule has 1 saturated heterocycles. The Morgan fingerprint density at radius 2 is 1.94 bits per heavy atom. The van der Waals surface area contributed by atoms with Gasteiger partial charge < -0.3 is 21.1 Å². The Hall–Kier alpha value is -2.19. The molecule has 2 aliphatic carbocycles. The van der Waals surface area contributed by atoms with Crippen LogP contribution in [0.4, 0.5) is 0 Å². The lowest BCUT2D eigenvalue weighted by atomic mass is 9.72. The molecule has 4 unspecified atom stereocenters. The number of hydrogen-bond donors (Lipinski definition) is 4. The maximum absolute atomic E-state index is 13.3. The Labute approximate surface area is 210 Å². The van der Waals surface area contributed by atoms with Crippen molar-refractivity contribution >= 4 is 18.2 Å². The number of piperidine rings is 1. The summed E-state index contributed by atoms with van der Waals surface area (Å²) in [7, 11) is 0. The molecule has 0 spiro atoms. The summed E-state index contributed by atoms with van der Waals surface area (Å²) in [5, 5.41) is 19.8. The number of amides is 3. The van der Waals surface area contributed by atoms with E-state index in [0.29, 0.717) is 31.2 Å². The second-order valence-corrected chi connectivity index (χ2v) is 11.5. The minimum atomic E-state index is -0.850. The van der Waals surface area contributed by atoms with Crippen LogP contribution in [-0.2, 0) is 14.4 Å². The number of aliphatic hydroxyl groups excluding tert-OH is 1. The van der Waals surface area contributed by atoms with Crippen molar-refractivity contribution in [2.45, 2.75) is 95.9 Å². The monoisotopic (exact) mass is 488 g/mol. The molecule has 4 N–H and O–H groups in total. The molecule has 1 aliphatic heterocycles. The summed E-state index contributed by atoms with van der Waals surface area (Å²) in [5.41, 5.74) is 0.754. The Kier molecular flexibility index (Phi) is 9.92.